The smallest absolute Gasteiger partial charge is 0.214 e. The molecular formula is C12H19N3O3S. The summed E-state index contributed by atoms with van der Waals surface area (Å²) in [7, 11) is -3.35. The fraction of sp³-hybridized carbons (Fsp3) is 0.417. The molecule has 4 N–H and O–H groups in total. The lowest BCUT2D eigenvalue weighted by atomic mass is 10.1. The Bertz CT molecular complexity index is 529. The van der Waals surface area contributed by atoms with Crippen LogP contribution in [0.4, 0.5) is 0 Å². The van der Waals surface area contributed by atoms with Crippen molar-refractivity contribution in [3.8, 4) is 0 Å². The van der Waals surface area contributed by atoms with E-state index >= 15 is 0 Å². The number of ether oxygens (including phenoxy) is 1. The number of benzene rings is 1. The van der Waals surface area contributed by atoms with Gasteiger partial charge in [0, 0.05) is 18.7 Å². The van der Waals surface area contributed by atoms with E-state index in [0.717, 1.165) is 5.56 Å². The van der Waals surface area contributed by atoms with Gasteiger partial charge in [-0.1, -0.05) is 18.2 Å². The van der Waals surface area contributed by atoms with E-state index in [-0.39, 0.29) is 24.7 Å². The summed E-state index contributed by atoms with van der Waals surface area (Å²) in [4.78, 5) is 0. The molecule has 0 aliphatic carbocycles. The summed E-state index contributed by atoms with van der Waals surface area (Å²) >= 11 is 0. The van der Waals surface area contributed by atoms with Crippen LogP contribution in [0.15, 0.2) is 24.3 Å². The van der Waals surface area contributed by atoms with E-state index in [1.54, 1.807) is 24.3 Å². The lowest BCUT2D eigenvalue weighted by molar-refractivity contribution is 0.163. The average Bonchev–Trinajstić information content (AvgIpc) is 2.37. The highest BCUT2D eigenvalue weighted by Crippen LogP contribution is 2.05. The standard InChI is InChI=1S/C12H19N3O3S/c1-2-18-6-7-19(16,17)15-9-10-4-3-5-11(8-10)12(13)14/h3-5,8,15H,2,6-7,9H2,1H3,(H3,13,14). The maximum atomic E-state index is 11.6. The summed E-state index contributed by atoms with van der Waals surface area (Å²) < 4.78 is 30.8. The van der Waals surface area contributed by atoms with Crippen LogP contribution in [-0.4, -0.2) is 33.2 Å². The highest BCUT2D eigenvalue weighted by molar-refractivity contribution is 7.89. The molecule has 0 heterocycles. The molecule has 0 aliphatic rings. The molecule has 7 heteroatoms. The molecule has 0 fully saturated rings. The Hall–Kier alpha value is -1.44. The highest BCUT2D eigenvalue weighted by atomic mass is 32.2. The summed E-state index contributed by atoms with van der Waals surface area (Å²) in [5.41, 5.74) is 6.71. The number of amidine groups is 1. The Morgan fingerprint density at radius 3 is 2.84 bits per heavy atom. The largest absolute Gasteiger partial charge is 0.384 e. The normalized spacial score (nSPS) is 11.4. The third kappa shape index (κ3) is 5.82. The van der Waals surface area contributed by atoms with Crippen LogP contribution in [0.3, 0.4) is 0 Å². The number of sulfonamides is 1. The summed E-state index contributed by atoms with van der Waals surface area (Å²) in [6.07, 6.45) is 0. The third-order valence-corrected chi connectivity index (χ3v) is 3.72. The Labute approximate surface area is 113 Å². The van der Waals surface area contributed by atoms with Crippen LogP contribution >= 0.6 is 0 Å². The molecule has 0 radical (unpaired) electrons. The summed E-state index contributed by atoms with van der Waals surface area (Å²) in [6.45, 7) is 2.67. The number of nitrogens with one attached hydrogen (secondary N) is 2. The van der Waals surface area contributed by atoms with Crippen LogP contribution in [0.2, 0.25) is 0 Å². The van der Waals surface area contributed by atoms with Crippen LogP contribution in [-0.2, 0) is 21.3 Å². The van der Waals surface area contributed by atoms with Gasteiger partial charge in [0.25, 0.3) is 0 Å². The second kappa shape index (κ2) is 7.22. The highest BCUT2D eigenvalue weighted by Gasteiger charge is 2.09. The van der Waals surface area contributed by atoms with Crippen LogP contribution < -0.4 is 10.5 Å². The van der Waals surface area contributed by atoms with E-state index in [0.29, 0.717) is 12.2 Å². The number of hydrogen-bond acceptors (Lipinski definition) is 4. The van der Waals surface area contributed by atoms with E-state index < -0.39 is 10.0 Å². The molecule has 0 aliphatic heterocycles. The summed E-state index contributed by atoms with van der Waals surface area (Å²) in [5.74, 6) is -0.103. The second-order valence-corrected chi connectivity index (χ2v) is 5.88. The molecule has 0 aromatic heterocycles. The molecule has 0 atom stereocenters. The zero-order valence-electron chi connectivity index (χ0n) is 10.8. The Kier molecular flexibility index (Phi) is 5.94. The molecule has 1 aromatic carbocycles. The van der Waals surface area contributed by atoms with Crippen molar-refractivity contribution >= 4 is 15.9 Å². The van der Waals surface area contributed by atoms with Crippen molar-refractivity contribution in [2.24, 2.45) is 5.73 Å². The van der Waals surface area contributed by atoms with Gasteiger partial charge in [-0.3, -0.25) is 5.41 Å². The lowest BCUT2D eigenvalue weighted by Gasteiger charge is -2.08. The molecule has 0 spiro atoms. The van der Waals surface area contributed by atoms with E-state index in [9.17, 15) is 8.42 Å². The first-order valence-corrected chi connectivity index (χ1v) is 7.58. The molecule has 0 saturated heterocycles. The molecule has 0 saturated carbocycles. The van der Waals surface area contributed by atoms with Crippen molar-refractivity contribution in [2.75, 3.05) is 19.0 Å². The van der Waals surface area contributed by atoms with Crippen LogP contribution in [0, 0.1) is 5.41 Å². The number of hydrogen-bond donors (Lipinski definition) is 3. The number of nitrogen functional groups attached to an aromatic ring is 1. The SMILES string of the molecule is CCOCCS(=O)(=O)NCc1cccc(C(=N)N)c1. The third-order valence-electron chi connectivity index (χ3n) is 2.43. The van der Waals surface area contributed by atoms with E-state index in [1.165, 1.54) is 0 Å². The number of nitrogens with two attached hydrogens (primary N) is 1. The first kappa shape index (κ1) is 15.6. The zero-order valence-corrected chi connectivity index (χ0v) is 11.7. The van der Waals surface area contributed by atoms with Gasteiger partial charge in [-0.15, -0.1) is 0 Å². The van der Waals surface area contributed by atoms with Gasteiger partial charge < -0.3 is 10.5 Å². The van der Waals surface area contributed by atoms with E-state index in [1.807, 2.05) is 6.92 Å². The first-order chi connectivity index (χ1) is 8.94. The van der Waals surface area contributed by atoms with Crippen molar-refractivity contribution < 1.29 is 13.2 Å². The zero-order chi connectivity index (χ0) is 14.3. The van der Waals surface area contributed by atoms with Gasteiger partial charge in [-0.05, 0) is 18.6 Å². The predicted molar refractivity (Wildman–Crippen MR) is 74.6 cm³/mol. The van der Waals surface area contributed by atoms with Crippen LogP contribution in [0.25, 0.3) is 0 Å². The van der Waals surface area contributed by atoms with Gasteiger partial charge in [0.05, 0.1) is 12.4 Å². The quantitative estimate of drug-likeness (QED) is 0.366. The molecule has 0 bridgehead atoms. The molecule has 0 unspecified atom stereocenters. The molecule has 0 amide bonds. The first-order valence-electron chi connectivity index (χ1n) is 5.93. The molecule has 1 aromatic rings. The molecular weight excluding hydrogens is 266 g/mol. The average molecular weight is 285 g/mol. The topological polar surface area (TPSA) is 105 Å². The number of rotatable bonds is 8. The Balaban J connectivity index is 2.56. The maximum Gasteiger partial charge on any atom is 0.214 e. The summed E-state index contributed by atoms with van der Waals surface area (Å²) in [5, 5.41) is 7.32. The van der Waals surface area contributed by atoms with Crippen LogP contribution in [0.1, 0.15) is 18.1 Å². The molecule has 1 rings (SSSR count). The molecule has 106 valence electrons. The van der Waals surface area contributed by atoms with Crippen molar-refractivity contribution in [1.82, 2.24) is 4.72 Å². The minimum Gasteiger partial charge on any atom is -0.384 e. The van der Waals surface area contributed by atoms with Crippen molar-refractivity contribution in [3.63, 3.8) is 0 Å². The predicted octanol–water partition coefficient (Wildman–Crippen LogP) is 0.427. The lowest BCUT2D eigenvalue weighted by Crippen LogP contribution is -2.28. The molecule has 6 nitrogen and oxygen atoms in total. The fourth-order valence-electron chi connectivity index (χ4n) is 1.43. The Morgan fingerprint density at radius 2 is 2.21 bits per heavy atom. The minimum atomic E-state index is -3.35. The maximum absolute atomic E-state index is 11.6. The van der Waals surface area contributed by atoms with Gasteiger partial charge in [-0.2, -0.15) is 0 Å². The van der Waals surface area contributed by atoms with Gasteiger partial charge in [0.1, 0.15) is 5.84 Å². The Morgan fingerprint density at radius 1 is 1.47 bits per heavy atom. The fourth-order valence-corrected chi connectivity index (χ4v) is 2.30. The summed E-state index contributed by atoms with van der Waals surface area (Å²) in [6, 6.07) is 6.90. The monoisotopic (exact) mass is 285 g/mol. The molecule has 19 heavy (non-hydrogen) atoms. The second-order valence-electron chi connectivity index (χ2n) is 3.95. The van der Waals surface area contributed by atoms with E-state index in [2.05, 4.69) is 4.72 Å². The van der Waals surface area contributed by atoms with Crippen molar-refractivity contribution in [2.45, 2.75) is 13.5 Å². The van der Waals surface area contributed by atoms with Gasteiger partial charge in [0.15, 0.2) is 0 Å². The van der Waals surface area contributed by atoms with E-state index in [4.69, 9.17) is 15.9 Å². The van der Waals surface area contributed by atoms with Gasteiger partial charge in [0.2, 0.25) is 10.0 Å². The van der Waals surface area contributed by atoms with Gasteiger partial charge >= 0.3 is 0 Å². The van der Waals surface area contributed by atoms with Crippen molar-refractivity contribution in [3.05, 3.63) is 35.4 Å². The minimum absolute atomic E-state index is 0.0407. The van der Waals surface area contributed by atoms with Gasteiger partial charge in [-0.25, -0.2) is 13.1 Å². The van der Waals surface area contributed by atoms with Crippen LogP contribution in [0.5, 0.6) is 0 Å². The van der Waals surface area contributed by atoms with Crippen molar-refractivity contribution in [1.29, 1.82) is 5.41 Å².